The zero-order valence-corrected chi connectivity index (χ0v) is 15.8. The summed E-state index contributed by atoms with van der Waals surface area (Å²) in [6, 6.07) is 7.78. The standard InChI is InChI=1S/C19H26N4O3/c1-19(2)14(12-17(25)22(19)3)18-20-16(21-23(18)9-10-24)11-13-7-5-6-8-15(13)26-4/h5-8,14,24H,9-12H2,1-4H3. The van der Waals surface area contributed by atoms with E-state index in [1.165, 1.54) is 0 Å². The molecular formula is C19H26N4O3. The molecule has 3 rings (SSSR count). The van der Waals surface area contributed by atoms with Crippen LogP contribution in [0.25, 0.3) is 0 Å². The van der Waals surface area contributed by atoms with Gasteiger partial charge in [-0.1, -0.05) is 18.2 Å². The van der Waals surface area contributed by atoms with Crippen molar-refractivity contribution in [2.45, 2.75) is 44.7 Å². The number of likely N-dealkylation sites (N-methyl/N-ethyl adjacent to an activating group) is 1. The SMILES string of the molecule is COc1ccccc1Cc1nc(C2CC(=O)N(C)C2(C)C)n(CCO)n1. The van der Waals surface area contributed by atoms with Gasteiger partial charge < -0.3 is 14.7 Å². The second-order valence-corrected chi connectivity index (χ2v) is 7.18. The number of aliphatic hydroxyl groups excluding tert-OH is 1. The van der Waals surface area contributed by atoms with Gasteiger partial charge in [0.05, 0.1) is 26.2 Å². The van der Waals surface area contributed by atoms with Crippen LogP contribution in [0.1, 0.15) is 43.4 Å². The Hall–Kier alpha value is -2.41. The lowest BCUT2D eigenvalue weighted by molar-refractivity contribution is -0.128. The van der Waals surface area contributed by atoms with Crippen molar-refractivity contribution < 1.29 is 14.6 Å². The maximum atomic E-state index is 12.2. The van der Waals surface area contributed by atoms with E-state index in [4.69, 9.17) is 9.72 Å². The van der Waals surface area contributed by atoms with E-state index in [2.05, 4.69) is 5.10 Å². The predicted molar refractivity (Wildman–Crippen MR) is 97.1 cm³/mol. The number of ether oxygens (including phenoxy) is 1. The molecule has 2 aromatic rings. The third-order valence-corrected chi connectivity index (χ3v) is 5.38. The molecule has 1 unspecified atom stereocenters. The molecule has 1 aliphatic rings. The quantitative estimate of drug-likeness (QED) is 0.848. The fourth-order valence-corrected chi connectivity index (χ4v) is 3.54. The van der Waals surface area contributed by atoms with E-state index >= 15 is 0 Å². The molecule has 0 bridgehead atoms. The van der Waals surface area contributed by atoms with Crippen LogP contribution < -0.4 is 4.74 Å². The maximum absolute atomic E-state index is 12.2. The van der Waals surface area contributed by atoms with Gasteiger partial charge in [-0.3, -0.25) is 4.79 Å². The number of para-hydroxylation sites is 1. The Balaban J connectivity index is 1.96. The number of hydrogen-bond donors (Lipinski definition) is 1. The molecule has 1 N–H and O–H groups in total. The number of aromatic nitrogens is 3. The highest BCUT2D eigenvalue weighted by Gasteiger charge is 2.47. The van der Waals surface area contributed by atoms with Crippen molar-refractivity contribution in [3.05, 3.63) is 41.5 Å². The summed E-state index contributed by atoms with van der Waals surface area (Å²) in [7, 11) is 3.47. The zero-order chi connectivity index (χ0) is 18.9. The molecule has 1 aromatic heterocycles. The van der Waals surface area contributed by atoms with Crippen LogP contribution in [0, 0.1) is 0 Å². The van der Waals surface area contributed by atoms with Crippen LogP contribution >= 0.6 is 0 Å². The fraction of sp³-hybridized carbons (Fsp3) is 0.526. The Kier molecular flexibility index (Phi) is 5.00. The first-order valence-corrected chi connectivity index (χ1v) is 8.81. The van der Waals surface area contributed by atoms with E-state index in [-0.39, 0.29) is 24.0 Å². The third kappa shape index (κ3) is 3.19. The van der Waals surface area contributed by atoms with Crippen LogP contribution in [0.2, 0.25) is 0 Å². The van der Waals surface area contributed by atoms with Crippen molar-refractivity contribution in [1.82, 2.24) is 19.7 Å². The molecule has 1 amide bonds. The average Bonchev–Trinajstić information content (AvgIpc) is 3.09. The highest BCUT2D eigenvalue weighted by Crippen LogP contribution is 2.40. The first-order chi connectivity index (χ1) is 12.4. The minimum Gasteiger partial charge on any atom is -0.496 e. The summed E-state index contributed by atoms with van der Waals surface area (Å²) in [5, 5.41) is 14.0. The van der Waals surface area contributed by atoms with Crippen molar-refractivity contribution >= 4 is 5.91 Å². The molecular weight excluding hydrogens is 332 g/mol. The highest BCUT2D eigenvalue weighted by molar-refractivity contribution is 5.80. The molecule has 7 nitrogen and oxygen atoms in total. The topological polar surface area (TPSA) is 80.5 Å². The van der Waals surface area contributed by atoms with Gasteiger partial charge in [0.15, 0.2) is 5.82 Å². The van der Waals surface area contributed by atoms with Crippen LogP contribution in [0.4, 0.5) is 0 Å². The summed E-state index contributed by atoms with van der Waals surface area (Å²) in [5.41, 5.74) is 0.653. The number of amides is 1. The summed E-state index contributed by atoms with van der Waals surface area (Å²) in [4.78, 5) is 18.8. The number of carbonyl (C=O) groups is 1. The Morgan fingerprint density at radius 2 is 2.08 bits per heavy atom. The third-order valence-electron chi connectivity index (χ3n) is 5.38. The molecule has 1 aliphatic heterocycles. The number of methoxy groups -OCH3 is 1. The number of nitrogens with zero attached hydrogens (tertiary/aromatic N) is 4. The maximum Gasteiger partial charge on any atom is 0.223 e. The van der Waals surface area contributed by atoms with Gasteiger partial charge in [-0.05, 0) is 19.9 Å². The number of likely N-dealkylation sites (tertiary alicyclic amines) is 1. The minimum absolute atomic E-state index is 0.0264. The smallest absolute Gasteiger partial charge is 0.223 e. The zero-order valence-electron chi connectivity index (χ0n) is 15.8. The van der Waals surface area contributed by atoms with Crippen molar-refractivity contribution in [2.24, 2.45) is 0 Å². The number of benzene rings is 1. The molecule has 1 aromatic carbocycles. The van der Waals surface area contributed by atoms with Gasteiger partial charge in [-0.25, -0.2) is 9.67 Å². The van der Waals surface area contributed by atoms with Gasteiger partial charge in [0.2, 0.25) is 5.91 Å². The van der Waals surface area contributed by atoms with Gasteiger partial charge in [0, 0.05) is 31.0 Å². The number of aliphatic hydroxyl groups is 1. The molecule has 1 saturated heterocycles. The molecule has 0 saturated carbocycles. The van der Waals surface area contributed by atoms with Crippen LogP contribution in [0.5, 0.6) is 5.75 Å². The normalized spacial score (nSPS) is 19.2. The lowest BCUT2D eigenvalue weighted by atomic mass is 9.88. The first kappa shape index (κ1) is 18.4. The molecule has 26 heavy (non-hydrogen) atoms. The number of hydrogen-bond acceptors (Lipinski definition) is 5. The van der Waals surface area contributed by atoms with Gasteiger partial charge in [0.25, 0.3) is 0 Å². The number of carbonyl (C=O) groups excluding carboxylic acids is 1. The van der Waals surface area contributed by atoms with Crippen LogP contribution in [0.15, 0.2) is 24.3 Å². The van der Waals surface area contributed by atoms with Crippen LogP contribution in [-0.4, -0.2) is 57.0 Å². The summed E-state index contributed by atoms with van der Waals surface area (Å²) in [6.07, 6.45) is 0.939. The molecule has 7 heteroatoms. The molecule has 2 heterocycles. The fourth-order valence-electron chi connectivity index (χ4n) is 3.54. The lowest BCUT2D eigenvalue weighted by Crippen LogP contribution is -2.41. The van der Waals surface area contributed by atoms with Gasteiger partial charge in [-0.2, -0.15) is 5.10 Å². The average molecular weight is 358 g/mol. The van der Waals surface area contributed by atoms with E-state index < -0.39 is 0 Å². The first-order valence-electron chi connectivity index (χ1n) is 8.81. The summed E-state index contributed by atoms with van der Waals surface area (Å²) in [6.45, 7) is 4.42. The van der Waals surface area contributed by atoms with Crippen molar-refractivity contribution in [3.63, 3.8) is 0 Å². The second kappa shape index (κ2) is 7.07. The second-order valence-electron chi connectivity index (χ2n) is 7.18. The van der Waals surface area contributed by atoms with Crippen LogP contribution in [0.3, 0.4) is 0 Å². The Labute approximate surface area is 153 Å². The van der Waals surface area contributed by atoms with Gasteiger partial charge >= 0.3 is 0 Å². The minimum atomic E-state index is -0.348. The molecule has 0 spiro atoms. The van der Waals surface area contributed by atoms with E-state index in [9.17, 15) is 9.90 Å². The largest absolute Gasteiger partial charge is 0.496 e. The molecule has 1 atom stereocenters. The van der Waals surface area contributed by atoms with Gasteiger partial charge in [-0.15, -0.1) is 0 Å². The summed E-state index contributed by atoms with van der Waals surface area (Å²) < 4.78 is 7.15. The summed E-state index contributed by atoms with van der Waals surface area (Å²) in [5.74, 6) is 2.25. The van der Waals surface area contributed by atoms with E-state index in [0.29, 0.717) is 25.2 Å². The monoisotopic (exact) mass is 358 g/mol. The lowest BCUT2D eigenvalue weighted by Gasteiger charge is -2.32. The molecule has 0 radical (unpaired) electrons. The van der Waals surface area contributed by atoms with E-state index in [1.807, 2.05) is 45.2 Å². The predicted octanol–water partition coefficient (Wildman–Crippen LogP) is 1.59. The molecule has 0 aliphatic carbocycles. The van der Waals surface area contributed by atoms with Crippen LogP contribution in [-0.2, 0) is 17.8 Å². The summed E-state index contributed by atoms with van der Waals surface area (Å²) >= 11 is 0. The Bertz CT molecular complexity index is 800. The number of rotatable bonds is 6. The molecule has 140 valence electrons. The van der Waals surface area contributed by atoms with E-state index in [1.54, 1.807) is 16.7 Å². The highest BCUT2D eigenvalue weighted by atomic mass is 16.5. The van der Waals surface area contributed by atoms with Crippen molar-refractivity contribution in [1.29, 1.82) is 0 Å². The van der Waals surface area contributed by atoms with Crippen molar-refractivity contribution in [2.75, 3.05) is 20.8 Å². The Morgan fingerprint density at radius 3 is 2.69 bits per heavy atom. The van der Waals surface area contributed by atoms with Gasteiger partial charge in [0.1, 0.15) is 11.6 Å². The van der Waals surface area contributed by atoms with E-state index in [0.717, 1.165) is 17.1 Å². The molecule has 1 fully saturated rings. The Morgan fingerprint density at radius 1 is 1.35 bits per heavy atom. The van der Waals surface area contributed by atoms with Crippen molar-refractivity contribution in [3.8, 4) is 5.75 Å².